The Kier molecular flexibility index (Phi) is 6.05. The summed E-state index contributed by atoms with van der Waals surface area (Å²) in [5.41, 5.74) is 1.79. The molecule has 1 saturated heterocycles. The number of fused-ring (bicyclic) bond motifs is 1. The fraction of sp³-hybridized carbons (Fsp3) is 0.435. The third-order valence-electron chi connectivity index (χ3n) is 6.40. The molecule has 2 aromatic heterocycles. The summed E-state index contributed by atoms with van der Waals surface area (Å²) in [5, 5.41) is 10.6. The molecule has 0 N–H and O–H groups in total. The van der Waals surface area contributed by atoms with Crippen molar-refractivity contribution in [2.75, 3.05) is 18.8 Å². The van der Waals surface area contributed by atoms with Gasteiger partial charge in [0.25, 0.3) is 5.56 Å². The summed E-state index contributed by atoms with van der Waals surface area (Å²) in [5.74, 6) is 0.490. The van der Waals surface area contributed by atoms with Gasteiger partial charge in [-0.3, -0.25) is 14.2 Å². The molecule has 0 radical (unpaired) electrons. The Balaban J connectivity index is 1.29. The molecule has 1 aromatic carbocycles. The molecule has 7 nitrogen and oxygen atoms in total. The zero-order valence-corrected chi connectivity index (χ0v) is 20.1. The maximum Gasteiger partial charge on any atom is 0.257 e. The van der Waals surface area contributed by atoms with Crippen molar-refractivity contribution < 1.29 is 9.18 Å². The Bertz CT molecular complexity index is 1270. The molecule has 4 heterocycles. The van der Waals surface area contributed by atoms with Crippen LogP contribution < -0.4 is 5.56 Å². The Morgan fingerprint density at radius 1 is 1.24 bits per heavy atom. The molecular weight excluding hydrogens is 461 g/mol. The van der Waals surface area contributed by atoms with Crippen molar-refractivity contribution in [2.45, 2.75) is 50.2 Å². The van der Waals surface area contributed by atoms with Crippen LogP contribution in [-0.4, -0.2) is 49.4 Å². The second-order valence-corrected chi connectivity index (χ2v) is 10.5. The van der Waals surface area contributed by atoms with Crippen LogP contribution in [0.5, 0.6) is 0 Å². The molecule has 33 heavy (non-hydrogen) atoms. The molecule has 5 rings (SSSR count). The number of rotatable bonds is 4. The van der Waals surface area contributed by atoms with E-state index < -0.39 is 0 Å². The lowest BCUT2D eigenvalue weighted by atomic mass is 9.98. The number of nitrogens with zero attached hydrogens (tertiary/aromatic N) is 5. The maximum atomic E-state index is 14.1. The first-order chi connectivity index (χ1) is 15.9. The van der Waals surface area contributed by atoms with Crippen molar-refractivity contribution in [1.82, 2.24) is 24.6 Å². The summed E-state index contributed by atoms with van der Waals surface area (Å²) in [6, 6.07) is 6.38. The van der Waals surface area contributed by atoms with Crippen LogP contribution in [0.3, 0.4) is 0 Å². The van der Waals surface area contributed by atoms with E-state index in [0.29, 0.717) is 40.1 Å². The molecule has 1 amide bonds. The average Bonchev–Trinajstić information content (AvgIpc) is 3.46. The number of aryl methyl sites for hydroxylation is 1. The molecule has 2 atom stereocenters. The highest BCUT2D eigenvalue weighted by Gasteiger charge is 2.32. The van der Waals surface area contributed by atoms with Crippen LogP contribution in [0, 0.1) is 19.7 Å². The molecule has 0 saturated carbocycles. The van der Waals surface area contributed by atoms with Gasteiger partial charge in [0.15, 0.2) is 10.2 Å². The van der Waals surface area contributed by atoms with Gasteiger partial charge >= 0.3 is 0 Å². The molecule has 0 spiro atoms. The highest BCUT2D eigenvalue weighted by Crippen LogP contribution is 2.36. The standard InChI is InChI=1S/C23H24FN5O2S2/c1-13-14(2)25-23-29(22(13)31)16(12-32-23)10-19(30)28-9-5-6-15(11-28)20-26-27-21(33-20)17-7-3-4-8-18(17)24/h3-4,7-8,15-16H,5-6,9-12H2,1-2H3. The quantitative estimate of drug-likeness (QED) is 0.521. The lowest BCUT2D eigenvalue weighted by Gasteiger charge is -2.32. The van der Waals surface area contributed by atoms with Gasteiger partial charge < -0.3 is 4.90 Å². The van der Waals surface area contributed by atoms with E-state index in [1.54, 1.807) is 29.7 Å². The number of halogens is 1. The molecule has 0 aliphatic carbocycles. The SMILES string of the molecule is Cc1nc2n(c(=O)c1C)C(CC(=O)N1CCCC(c3nnc(-c4ccccc4F)s3)C1)CS2. The van der Waals surface area contributed by atoms with E-state index >= 15 is 0 Å². The van der Waals surface area contributed by atoms with Crippen molar-refractivity contribution >= 4 is 29.0 Å². The molecule has 2 unspecified atom stereocenters. The van der Waals surface area contributed by atoms with Crippen LogP contribution in [0.15, 0.2) is 34.2 Å². The van der Waals surface area contributed by atoms with Crippen LogP contribution in [0.25, 0.3) is 10.6 Å². The topological polar surface area (TPSA) is 81.0 Å². The van der Waals surface area contributed by atoms with Crippen molar-refractivity contribution in [3.63, 3.8) is 0 Å². The number of piperidine rings is 1. The maximum absolute atomic E-state index is 14.1. The van der Waals surface area contributed by atoms with Gasteiger partial charge in [-0.25, -0.2) is 9.37 Å². The number of hydrogen-bond donors (Lipinski definition) is 0. The zero-order chi connectivity index (χ0) is 23.1. The van der Waals surface area contributed by atoms with Gasteiger partial charge in [0.2, 0.25) is 5.91 Å². The summed E-state index contributed by atoms with van der Waals surface area (Å²) < 4.78 is 15.8. The third-order valence-corrected chi connectivity index (χ3v) is 8.62. The summed E-state index contributed by atoms with van der Waals surface area (Å²) in [6.07, 6.45) is 2.08. The van der Waals surface area contributed by atoms with Crippen LogP contribution in [0.2, 0.25) is 0 Å². The summed E-state index contributed by atoms with van der Waals surface area (Å²) in [6.45, 7) is 4.89. The number of aromatic nitrogens is 4. The summed E-state index contributed by atoms with van der Waals surface area (Å²) in [7, 11) is 0. The molecule has 2 aliphatic heterocycles. The van der Waals surface area contributed by atoms with Crippen LogP contribution in [0.1, 0.15) is 47.5 Å². The van der Waals surface area contributed by atoms with Gasteiger partial charge in [0.1, 0.15) is 10.8 Å². The number of carbonyl (C=O) groups is 1. The van der Waals surface area contributed by atoms with E-state index in [2.05, 4.69) is 15.2 Å². The first kappa shape index (κ1) is 22.2. The molecule has 1 fully saturated rings. The van der Waals surface area contributed by atoms with Crippen molar-refractivity contribution in [3.8, 4) is 10.6 Å². The molecular formula is C23H24FN5O2S2. The zero-order valence-electron chi connectivity index (χ0n) is 18.5. The predicted molar refractivity (Wildman–Crippen MR) is 126 cm³/mol. The van der Waals surface area contributed by atoms with Gasteiger partial charge in [0.05, 0.1) is 6.04 Å². The number of benzene rings is 1. The number of thioether (sulfide) groups is 1. The van der Waals surface area contributed by atoms with Gasteiger partial charge in [-0.2, -0.15) is 0 Å². The highest BCUT2D eigenvalue weighted by molar-refractivity contribution is 7.99. The second-order valence-electron chi connectivity index (χ2n) is 8.55. The fourth-order valence-electron chi connectivity index (χ4n) is 4.40. The van der Waals surface area contributed by atoms with Gasteiger partial charge in [0, 0.05) is 48.0 Å². The number of hydrogen-bond acceptors (Lipinski definition) is 7. The van der Waals surface area contributed by atoms with Crippen molar-refractivity contribution in [2.24, 2.45) is 0 Å². The third kappa shape index (κ3) is 4.21. The normalized spacial score (nSPS) is 20.2. The molecule has 3 aromatic rings. The largest absolute Gasteiger partial charge is 0.342 e. The first-order valence-electron chi connectivity index (χ1n) is 11.0. The van der Waals surface area contributed by atoms with E-state index in [0.717, 1.165) is 23.5 Å². The monoisotopic (exact) mass is 485 g/mol. The van der Waals surface area contributed by atoms with Crippen LogP contribution in [-0.2, 0) is 4.79 Å². The van der Waals surface area contributed by atoms with Crippen LogP contribution >= 0.6 is 23.1 Å². The van der Waals surface area contributed by atoms with E-state index in [1.807, 2.05) is 11.8 Å². The smallest absolute Gasteiger partial charge is 0.257 e. The number of likely N-dealkylation sites (tertiary alicyclic amines) is 1. The fourth-order valence-corrected chi connectivity index (χ4v) is 6.58. The highest BCUT2D eigenvalue weighted by atomic mass is 32.2. The molecule has 172 valence electrons. The van der Waals surface area contributed by atoms with Crippen molar-refractivity contribution in [3.05, 3.63) is 56.7 Å². The van der Waals surface area contributed by atoms with Gasteiger partial charge in [-0.15, -0.1) is 10.2 Å². The Morgan fingerprint density at radius 3 is 2.88 bits per heavy atom. The number of carbonyl (C=O) groups excluding carboxylic acids is 1. The molecule has 0 bridgehead atoms. The predicted octanol–water partition coefficient (Wildman–Crippen LogP) is 3.96. The molecule has 2 aliphatic rings. The summed E-state index contributed by atoms with van der Waals surface area (Å²) >= 11 is 2.93. The van der Waals surface area contributed by atoms with E-state index in [1.165, 1.54) is 29.2 Å². The molecule has 10 heteroatoms. The second kappa shape index (κ2) is 8.98. The number of amides is 1. The summed E-state index contributed by atoms with van der Waals surface area (Å²) in [4.78, 5) is 32.4. The minimum absolute atomic E-state index is 0.0436. The minimum Gasteiger partial charge on any atom is -0.342 e. The van der Waals surface area contributed by atoms with E-state index in [4.69, 9.17) is 0 Å². The minimum atomic E-state index is -0.314. The van der Waals surface area contributed by atoms with Crippen LogP contribution in [0.4, 0.5) is 4.39 Å². The van der Waals surface area contributed by atoms with Gasteiger partial charge in [-0.1, -0.05) is 35.2 Å². The Labute approximate surface area is 199 Å². The lowest BCUT2D eigenvalue weighted by molar-refractivity contribution is -0.133. The van der Waals surface area contributed by atoms with E-state index in [-0.39, 0.29) is 35.7 Å². The van der Waals surface area contributed by atoms with E-state index in [9.17, 15) is 14.0 Å². The Hall–Kier alpha value is -2.59. The lowest BCUT2D eigenvalue weighted by Crippen LogP contribution is -2.40. The first-order valence-corrected chi connectivity index (χ1v) is 12.8. The van der Waals surface area contributed by atoms with Gasteiger partial charge in [-0.05, 0) is 38.8 Å². The average molecular weight is 486 g/mol. The Morgan fingerprint density at radius 2 is 2.06 bits per heavy atom. The van der Waals surface area contributed by atoms with Crippen molar-refractivity contribution in [1.29, 1.82) is 0 Å².